The molecule has 2 aromatic rings. The van der Waals surface area contributed by atoms with Gasteiger partial charge in [-0.15, -0.1) is 5.10 Å². The molecule has 0 saturated heterocycles. The molecule has 0 unspecified atom stereocenters. The highest BCUT2D eigenvalue weighted by Crippen LogP contribution is 2.31. The SMILES string of the molecule is COc1c(Cl)ncnc1-c1cnnn1C. The maximum absolute atomic E-state index is 5.87. The fourth-order valence-corrected chi connectivity index (χ4v) is 1.43. The van der Waals surface area contributed by atoms with Crippen LogP contribution < -0.4 is 4.74 Å². The molecule has 0 bridgehead atoms. The Morgan fingerprint density at radius 2 is 2.20 bits per heavy atom. The van der Waals surface area contributed by atoms with Gasteiger partial charge in [-0.2, -0.15) is 0 Å². The van der Waals surface area contributed by atoms with Crippen LogP contribution in [0.3, 0.4) is 0 Å². The van der Waals surface area contributed by atoms with Gasteiger partial charge in [-0.3, -0.25) is 0 Å². The third-order valence-corrected chi connectivity index (χ3v) is 2.19. The summed E-state index contributed by atoms with van der Waals surface area (Å²) in [6.07, 6.45) is 2.95. The monoisotopic (exact) mass is 225 g/mol. The van der Waals surface area contributed by atoms with Crippen molar-refractivity contribution in [2.45, 2.75) is 0 Å². The van der Waals surface area contributed by atoms with Crippen LogP contribution >= 0.6 is 11.6 Å². The molecule has 0 radical (unpaired) electrons. The third kappa shape index (κ3) is 1.63. The average Bonchev–Trinajstić information content (AvgIpc) is 2.64. The molecule has 0 aromatic carbocycles. The summed E-state index contributed by atoms with van der Waals surface area (Å²) in [5, 5.41) is 7.83. The summed E-state index contributed by atoms with van der Waals surface area (Å²) < 4.78 is 6.71. The molecule has 0 saturated carbocycles. The predicted molar refractivity (Wildman–Crippen MR) is 53.6 cm³/mol. The summed E-state index contributed by atoms with van der Waals surface area (Å²) in [6.45, 7) is 0. The van der Waals surface area contributed by atoms with E-state index in [1.54, 1.807) is 17.9 Å². The zero-order valence-electron chi connectivity index (χ0n) is 8.18. The highest BCUT2D eigenvalue weighted by Gasteiger charge is 2.15. The lowest BCUT2D eigenvalue weighted by Crippen LogP contribution is -1.99. The van der Waals surface area contributed by atoms with Crippen LogP contribution in [0.5, 0.6) is 5.75 Å². The standard InChI is InChI=1S/C8H8ClN5O/c1-14-5(3-12-13-14)6-7(15-2)8(9)11-4-10-6/h3-4H,1-2H3. The number of aryl methyl sites for hydroxylation is 1. The lowest BCUT2D eigenvalue weighted by molar-refractivity contribution is 0.412. The maximum Gasteiger partial charge on any atom is 0.184 e. The second kappa shape index (κ2) is 3.82. The van der Waals surface area contributed by atoms with E-state index in [2.05, 4.69) is 20.3 Å². The molecule has 2 heterocycles. The molecule has 6 nitrogen and oxygen atoms in total. The fraction of sp³-hybridized carbons (Fsp3) is 0.250. The molecule has 0 aliphatic carbocycles. The second-order valence-corrected chi connectivity index (χ2v) is 3.15. The molecule has 0 fully saturated rings. The lowest BCUT2D eigenvalue weighted by atomic mass is 10.3. The van der Waals surface area contributed by atoms with Crippen LogP contribution in [0.25, 0.3) is 11.4 Å². The normalized spacial score (nSPS) is 10.3. The quantitative estimate of drug-likeness (QED) is 0.712. The first-order valence-electron chi connectivity index (χ1n) is 4.13. The van der Waals surface area contributed by atoms with E-state index in [0.717, 1.165) is 5.69 Å². The van der Waals surface area contributed by atoms with E-state index in [0.29, 0.717) is 11.4 Å². The summed E-state index contributed by atoms with van der Waals surface area (Å²) in [5.74, 6) is 0.421. The molecule has 2 rings (SSSR count). The van der Waals surface area contributed by atoms with Crippen molar-refractivity contribution in [2.75, 3.05) is 7.11 Å². The molecule has 0 atom stereocenters. The first-order chi connectivity index (χ1) is 7.24. The molecule has 0 amide bonds. The van der Waals surface area contributed by atoms with Gasteiger partial charge < -0.3 is 4.74 Å². The molecule has 0 spiro atoms. The van der Waals surface area contributed by atoms with Crippen molar-refractivity contribution < 1.29 is 4.74 Å². The zero-order valence-corrected chi connectivity index (χ0v) is 8.93. The highest BCUT2D eigenvalue weighted by atomic mass is 35.5. The second-order valence-electron chi connectivity index (χ2n) is 2.79. The minimum atomic E-state index is 0.267. The Balaban J connectivity index is 2.63. The molecule has 0 aliphatic heterocycles. The van der Waals surface area contributed by atoms with Gasteiger partial charge in [0, 0.05) is 7.05 Å². The van der Waals surface area contributed by atoms with Gasteiger partial charge in [0.15, 0.2) is 10.9 Å². The lowest BCUT2D eigenvalue weighted by Gasteiger charge is -2.07. The van der Waals surface area contributed by atoms with Crippen LogP contribution in [-0.4, -0.2) is 32.1 Å². The van der Waals surface area contributed by atoms with E-state index < -0.39 is 0 Å². The Labute approximate surface area is 90.9 Å². The molecule has 15 heavy (non-hydrogen) atoms. The topological polar surface area (TPSA) is 65.7 Å². The molecule has 0 aliphatic rings. The Morgan fingerprint density at radius 1 is 1.40 bits per heavy atom. The molecule has 2 aromatic heterocycles. The number of ether oxygens (including phenoxy) is 1. The first-order valence-corrected chi connectivity index (χ1v) is 4.51. The van der Waals surface area contributed by atoms with Crippen LogP contribution in [0, 0.1) is 0 Å². The number of methoxy groups -OCH3 is 1. The molecular weight excluding hydrogens is 218 g/mol. The third-order valence-electron chi connectivity index (χ3n) is 1.92. The number of aromatic nitrogens is 5. The summed E-state index contributed by atoms with van der Waals surface area (Å²) in [6, 6.07) is 0. The molecular formula is C8H8ClN5O. The van der Waals surface area contributed by atoms with E-state index in [9.17, 15) is 0 Å². The van der Waals surface area contributed by atoms with E-state index in [-0.39, 0.29) is 5.15 Å². The summed E-state index contributed by atoms with van der Waals surface area (Å²) >= 11 is 5.87. The minimum Gasteiger partial charge on any atom is -0.491 e. The van der Waals surface area contributed by atoms with Crippen LogP contribution in [0.2, 0.25) is 5.15 Å². The van der Waals surface area contributed by atoms with Gasteiger partial charge in [0.25, 0.3) is 0 Å². The Bertz CT molecular complexity index is 484. The van der Waals surface area contributed by atoms with Gasteiger partial charge in [-0.1, -0.05) is 16.8 Å². The van der Waals surface area contributed by atoms with Gasteiger partial charge in [0.1, 0.15) is 17.7 Å². The van der Waals surface area contributed by atoms with Crippen LogP contribution in [-0.2, 0) is 7.05 Å². The summed E-state index contributed by atoms with van der Waals surface area (Å²) in [7, 11) is 3.27. The van der Waals surface area contributed by atoms with E-state index in [4.69, 9.17) is 16.3 Å². The summed E-state index contributed by atoms with van der Waals surface area (Å²) in [4.78, 5) is 7.92. The van der Waals surface area contributed by atoms with Crippen molar-refractivity contribution in [3.63, 3.8) is 0 Å². The van der Waals surface area contributed by atoms with Gasteiger partial charge in [-0.05, 0) is 0 Å². The number of hydrogen-bond acceptors (Lipinski definition) is 5. The van der Waals surface area contributed by atoms with Crippen molar-refractivity contribution in [1.29, 1.82) is 0 Å². The zero-order chi connectivity index (χ0) is 10.8. The Kier molecular flexibility index (Phi) is 2.51. The highest BCUT2D eigenvalue weighted by molar-refractivity contribution is 6.31. The van der Waals surface area contributed by atoms with Crippen LogP contribution in [0.1, 0.15) is 0 Å². The molecule has 0 N–H and O–H groups in total. The van der Waals surface area contributed by atoms with E-state index >= 15 is 0 Å². The summed E-state index contributed by atoms with van der Waals surface area (Å²) in [5.41, 5.74) is 1.29. The van der Waals surface area contributed by atoms with Crippen molar-refractivity contribution in [2.24, 2.45) is 7.05 Å². The fourth-order valence-electron chi connectivity index (χ4n) is 1.22. The smallest absolute Gasteiger partial charge is 0.184 e. The van der Waals surface area contributed by atoms with Crippen molar-refractivity contribution in [3.05, 3.63) is 17.7 Å². The van der Waals surface area contributed by atoms with Crippen molar-refractivity contribution in [3.8, 4) is 17.1 Å². The van der Waals surface area contributed by atoms with Gasteiger partial charge >= 0.3 is 0 Å². The predicted octanol–water partition coefficient (Wildman–Crippen LogP) is 0.934. The van der Waals surface area contributed by atoms with E-state index in [1.807, 2.05) is 0 Å². The van der Waals surface area contributed by atoms with Crippen LogP contribution in [0.4, 0.5) is 0 Å². The Morgan fingerprint density at radius 3 is 2.80 bits per heavy atom. The number of halogens is 1. The number of rotatable bonds is 2. The minimum absolute atomic E-state index is 0.267. The van der Waals surface area contributed by atoms with Gasteiger partial charge in [0.05, 0.1) is 13.3 Å². The van der Waals surface area contributed by atoms with Gasteiger partial charge in [-0.25, -0.2) is 14.6 Å². The average molecular weight is 226 g/mol. The van der Waals surface area contributed by atoms with Gasteiger partial charge in [0.2, 0.25) is 0 Å². The Hall–Kier alpha value is -1.69. The van der Waals surface area contributed by atoms with Crippen molar-refractivity contribution >= 4 is 11.6 Å². The molecule has 7 heteroatoms. The maximum atomic E-state index is 5.87. The van der Waals surface area contributed by atoms with Crippen molar-refractivity contribution in [1.82, 2.24) is 25.0 Å². The molecule has 78 valence electrons. The first kappa shape index (κ1) is 9.85. The van der Waals surface area contributed by atoms with E-state index in [1.165, 1.54) is 13.4 Å². The number of nitrogens with zero attached hydrogens (tertiary/aromatic N) is 5. The van der Waals surface area contributed by atoms with Crippen LogP contribution in [0.15, 0.2) is 12.5 Å². The number of hydrogen-bond donors (Lipinski definition) is 0. The largest absolute Gasteiger partial charge is 0.491 e.